The number of hydrogen-bond acceptors (Lipinski definition) is 4. The standard InChI is InChI=1S/C10H18N2OS/c1-8-12-9(7-14-8)6-11-5-4-10(2,3)13/h7,11,13H,4-6H2,1-3H3. The predicted octanol–water partition coefficient (Wildman–Crippen LogP) is 1.70. The van der Waals surface area contributed by atoms with Crippen LogP contribution in [0.25, 0.3) is 0 Å². The molecular weight excluding hydrogens is 196 g/mol. The van der Waals surface area contributed by atoms with Crippen molar-refractivity contribution < 1.29 is 5.11 Å². The molecule has 0 spiro atoms. The first kappa shape index (κ1) is 11.6. The van der Waals surface area contributed by atoms with Crippen LogP contribution >= 0.6 is 11.3 Å². The average Bonchev–Trinajstić information content (AvgIpc) is 2.44. The normalized spacial score (nSPS) is 12.0. The van der Waals surface area contributed by atoms with Gasteiger partial charge in [0, 0.05) is 11.9 Å². The maximum atomic E-state index is 9.47. The Morgan fingerprint density at radius 2 is 2.29 bits per heavy atom. The summed E-state index contributed by atoms with van der Waals surface area (Å²) in [6.07, 6.45) is 0.760. The van der Waals surface area contributed by atoms with Crippen molar-refractivity contribution in [2.75, 3.05) is 6.54 Å². The van der Waals surface area contributed by atoms with Crippen LogP contribution < -0.4 is 5.32 Å². The summed E-state index contributed by atoms with van der Waals surface area (Å²) in [7, 11) is 0. The third-order valence-electron chi connectivity index (χ3n) is 1.89. The zero-order valence-corrected chi connectivity index (χ0v) is 9.82. The monoisotopic (exact) mass is 214 g/mol. The van der Waals surface area contributed by atoms with Crippen LogP contribution in [0.1, 0.15) is 31.0 Å². The molecule has 0 amide bonds. The predicted molar refractivity (Wildman–Crippen MR) is 59.5 cm³/mol. The molecule has 0 saturated heterocycles. The van der Waals surface area contributed by atoms with Crippen LogP contribution in [0.3, 0.4) is 0 Å². The molecule has 1 aromatic heterocycles. The Bertz CT molecular complexity index is 278. The molecular formula is C10H18N2OS. The van der Waals surface area contributed by atoms with Crippen molar-refractivity contribution in [2.45, 2.75) is 39.3 Å². The molecule has 0 aliphatic rings. The number of hydrogen-bond donors (Lipinski definition) is 2. The molecule has 1 heterocycles. The summed E-state index contributed by atoms with van der Waals surface area (Å²) in [6, 6.07) is 0. The summed E-state index contributed by atoms with van der Waals surface area (Å²) in [5, 5.41) is 15.9. The topological polar surface area (TPSA) is 45.2 Å². The summed E-state index contributed by atoms with van der Waals surface area (Å²) in [5.74, 6) is 0. The number of rotatable bonds is 5. The fourth-order valence-corrected chi connectivity index (χ4v) is 1.71. The van der Waals surface area contributed by atoms with Gasteiger partial charge in [-0.15, -0.1) is 11.3 Å². The van der Waals surface area contributed by atoms with Gasteiger partial charge in [0.25, 0.3) is 0 Å². The van der Waals surface area contributed by atoms with Gasteiger partial charge < -0.3 is 10.4 Å². The van der Waals surface area contributed by atoms with Gasteiger partial charge in [-0.05, 0) is 33.7 Å². The van der Waals surface area contributed by atoms with Crippen molar-refractivity contribution in [3.8, 4) is 0 Å². The van der Waals surface area contributed by atoms with Gasteiger partial charge in [-0.1, -0.05) is 0 Å². The van der Waals surface area contributed by atoms with Crippen molar-refractivity contribution in [3.05, 3.63) is 16.1 Å². The van der Waals surface area contributed by atoms with Gasteiger partial charge in [0.05, 0.1) is 16.3 Å². The number of nitrogens with zero attached hydrogens (tertiary/aromatic N) is 1. The zero-order chi connectivity index (χ0) is 10.6. The van der Waals surface area contributed by atoms with Gasteiger partial charge in [0.15, 0.2) is 0 Å². The fourth-order valence-electron chi connectivity index (χ4n) is 1.10. The molecule has 0 atom stereocenters. The van der Waals surface area contributed by atoms with E-state index in [0.717, 1.165) is 30.2 Å². The van der Waals surface area contributed by atoms with E-state index in [1.54, 1.807) is 11.3 Å². The Hall–Kier alpha value is -0.450. The maximum absolute atomic E-state index is 9.47. The molecule has 0 fully saturated rings. The van der Waals surface area contributed by atoms with E-state index in [9.17, 15) is 5.11 Å². The lowest BCUT2D eigenvalue weighted by atomic mass is 10.1. The highest BCUT2D eigenvalue weighted by Crippen LogP contribution is 2.08. The highest BCUT2D eigenvalue weighted by molar-refractivity contribution is 7.09. The van der Waals surface area contributed by atoms with Crippen LogP contribution in [-0.2, 0) is 6.54 Å². The third-order valence-corrected chi connectivity index (χ3v) is 2.71. The van der Waals surface area contributed by atoms with E-state index in [0.29, 0.717) is 0 Å². The minimum absolute atomic E-state index is 0.578. The van der Waals surface area contributed by atoms with Gasteiger partial charge in [0.1, 0.15) is 0 Å². The lowest BCUT2D eigenvalue weighted by molar-refractivity contribution is 0.0711. The largest absolute Gasteiger partial charge is 0.390 e. The second-order valence-corrected chi connectivity index (χ2v) is 5.16. The molecule has 0 saturated carbocycles. The number of thiazole rings is 1. The number of aryl methyl sites for hydroxylation is 1. The summed E-state index contributed by atoms with van der Waals surface area (Å²) in [4.78, 5) is 4.34. The van der Waals surface area contributed by atoms with Crippen LogP contribution in [0.15, 0.2) is 5.38 Å². The number of aromatic nitrogens is 1. The van der Waals surface area contributed by atoms with Gasteiger partial charge in [-0.2, -0.15) is 0 Å². The first-order valence-electron chi connectivity index (χ1n) is 4.81. The zero-order valence-electron chi connectivity index (χ0n) is 9.00. The van der Waals surface area contributed by atoms with Crippen molar-refractivity contribution in [1.82, 2.24) is 10.3 Å². The smallest absolute Gasteiger partial charge is 0.0897 e. The minimum Gasteiger partial charge on any atom is -0.390 e. The number of aliphatic hydroxyl groups is 1. The highest BCUT2D eigenvalue weighted by atomic mass is 32.1. The Morgan fingerprint density at radius 3 is 2.79 bits per heavy atom. The van der Waals surface area contributed by atoms with Gasteiger partial charge in [0.2, 0.25) is 0 Å². The van der Waals surface area contributed by atoms with E-state index in [2.05, 4.69) is 15.7 Å². The average molecular weight is 214 g/mol. The first-order chi connectivity index (χ1) is 6.47. The molecule has 3 nitrogen and oxygen atoms in total. The van der Waals surface area contributed by atoms with E-state index >= 15 is 0 Å². The van der Waals surface area contributed by atoms with Crippen molar-refractivity contribution >= 4 is 11.3 Å². The molecule has 4 heteroatoms. The third kappa shape index (κ3) is 4.69. The van der Waals surface area contributed by atoms with E-state index in [1.165, 1.54) is 0 Å². The molecule has 0 radical (unpaired) electrons. The van der Waals surface area contributed by atoms with Gasteiger partial charge in [-0.3, -0.25) is 0 Å². The van der Waals surface area contributed by atoms with Gasteiger partial charge >= 0.3 is 0 Å². The molecule has 80 valence electrons. The van der Waals surface area contributed by atoms with Crippen molar-refractivity contribution in [1.29, 1.82) is 0 Å². The van der Waals surface area contributed by atoms with E-state index in [4.69, 9.17) is 0 Å². The molecule has 0 aliphatic carbocycles. The first-order valence-corrected chi connectivity index (χ1v) is 5.69. The lowest BCUT2D eigenvalue weighted by Gasteiger charge is -2.16. The summed E-state index contributed by atoms with van der Waals surface area (Å²) in [5.41, 5.74) is 0.508. The number of nitrogens with one attached hydrogen (secondary N) is 1. The fraction of sp³-hybridized carbons (Fsp3) is 0.700. The van der Waals surface area contributed by atoms with Crippen molar-refractivity contribution in [2.24, 2.45) is 0 Å². The second-order valence-electron chi connectivity index (χ2n) is 4.10. The van der Waals surface area contributed by atoms with Crippen LogP contribution in [0.4, 0.5) is 0 Å². The van der Waals surface area contributed by atoms with Crippen LogP contribution in [0.5, 0.6) is 0 Å². The molecule has 14 heavy (non-hydrogen) atoms. The molecule has 0 aliphatic heterocycles. The SMILES string of the molecule is Cc1nc(CNCCC(C)(C)O)cs1. The minimum atomic E-state index is -0.578. The second kappa shape index (κ2) is 4.87. The molecule has 0 bridgehead atoms. The molecule has 1 aromatic rings. The Labute approximate surface area is 89.2 Å². The summed E-state index contributed by atoms with van der Waals surface area (Å²) < 4.78 is 0. The Balaban J connectivity index is 2.16. The van der Waals surface area contributed by atoms with E-state index in [1.807, 2.05) is 20.8 Å². The van der Waals surface area contributed by atoms with Crippen molar-refractivity contribution in [3.63, 3.8) is 0 Å². The van der Waals surface area contributed by atoms with Gasteiger partial charge in [-0.25, -0.2) is 4.98 Å². The lowest BCUT2D eigenvalue weighted by Crippen LogP contribution is -2.26. The van der Waals surface area contributed by atoms with Crippen LogP contribution in [0, 0.1) is 6.92 Å². The highest BCUT2D eigenvalue weighted by Gasteiger charge is 2.10. The summed E-state index contributed by atoms with van der Waals surface area (Å²) >= 11 is 1.67. The molecule has 1 rings (SSSR count). The van der Waals surface area contributed by atoms with Crippen LogP contribution in [-0.4, -0.2) is 22.2 Å². The quantitative estimate of drug-likeness (QED) is 0.733. The van der Waals surface area contributed by atoms with E-state index < -0.39 is 5.60 Å². The maximum Gasteiger partial charge on any atom is 0.0897 e. The summed E-state index contributed by atoms with van der Waals surface area (Å²) in [6.45, 7) is 7.26. The molecule has 2 N–H and O–H groups in total. The molecule has 0 unspecified atom stereocenters. The van der Waals surface area contributed by atoms with E-state index in [-0.39, 0.29) is 0 Å². The molecule has 0 aromatic carbocycles. The van der Waals surface area contributed by atoms with Crippen LogP contribution in [0.2, 0.25) is 0 Å². The Morgan fingerprint density at radius 1 is 1.57 bits per heavy atom. The Kier molecular flexibility index (Phi) is 4.04.